The Bertz CT molecular complexity index is 1870. The molecule has 0 aliphatic carbocycles. The monoisotopic (exact) mass is 484 g/mol. The molecule has 0 unspecified atom stereocenters. The minimum atomic E-state index is 0.637. The largest absolute Gasteiger partial charge is 0.228 e. The number of para-hydroxylation sites is 1. The van der Waals surface area contributed by atoms with Gasteiger partial charge in [0.15, 0.2) is 5.82 Å². The van der Waals surface area contributed by atoms with E-state index in [1.165, 1.54) is 0 Å². The Morgan fingerprint density at radius 1 is 0.447 bits per heavy atom. The molecule has 0 saturated heterocycles. The summed E-state index contributed by atoms with van der Waals surface area (Å²) in [5, 5.41) is 19.5. The molecule has 38 heavy (non-hydrogen) atoms. The smallest absolute Gasteiger partial charge is 0.160 e. The molecule has 0 amide bonds. The second-order valence-electron chi connectivity index (χ2n) is 8.95. The standard InChI is InChI=1S/C34H20N4/c35-21-23-5-3-7-29(19-23)25-11-15-27(16-12-25)33-31-9-1-2-10-32(31)37-34(38-33)28-17-13-26(14-18-28)30-8-4-6-24(20-30)22-36/h1-20H. The van der Waals surface area contributed by atoms with Crippen LogP contribution in [-0.2, 0) is 0 Å². The minimum Gasteiger partial charge on any atom is -0.228 e. The van der Waals surface area contributed by atoms with E-state index in [-0.39, 0.29) is 0 Å². The van der Waals surface area contributed by atoms with E-state index < -0.39 is 0 Å². The molecule has 6 rings (SSSR count). The van der Waals surface area contributed by atoms with Gasteiger partial charge in [-0.1, -0.05) is 91.0 Å². The summed E-state index contributed by atoms with van der Waals surface area (Å²) >= 11 is 0. The van der Waals surface area contributed by atoms with Crippen LogP contribution in [0.1, 0.15) is 11.1 Å². The zero-order valence-corrected chi connectivity index (χ0v) is 20.3. The molecule has 0 spiro atoms. The minimum absolute atomic E-state index is 0.637. The van der Waals surface area contributed by atoms with E-state index in [9.17, 15) is 10.5 Å². The number of benzene rings is 5. The summed E-state index contributed by atoms with van der Waals surface area (Å²) in [5.74, 6) is 0.654. The van der Waals surface area contributed by atoms with Crippen molar-refractivity contribution in [3.05, 3.63) is 132 Å². The highest BCUT2D eigenvalue weighted by Gasteiger charge is 2.12. The summed E-state index contributed by atoms with van der Waals surface area (Å²) in [6, 6.07) is 44.0. The highest BCUT2D eigenvalue weighted by atomic mass is 14.9. The van der Waals surface area contributed by atoms with Crippen LogP contribution in [0.3, 0.4) is 0 Å². The van der Waals surface area contributed by atoms with Gasteiger partial charge >= 0.3 is 0 Å². The number of aromatic nitrogens is 2. The Kier molecular flexibility index (Phi) is 5.91. The Balaban J connectivity index is 1.39. The lowest BCUT2D eigenvalue weighted by molar-refractivity contribution is 1.23. The molecule has 6 aromatic rings. The molecule has 0 bridgehead atoms. The van der Waals surface area contributed by atoms with Crippen molar-refractivity contribution < 1.29 is 0 Å². The Labute approximate surface area is 220 Å². The predicted molar refractivity (Wildman–Crippen MR) is 151 cm³/mol. The number of hydrogen-bond acceptors (Lipinski definition) is 4. The lowest BCUT2D eigenvalue weighted by Crippen LogP contribution is -1.95. The quantitative estimate of drug-likeness (QED) is 0.254. The normalized spacial score (nSPS) is 10.6. The molecule has 4 nitrogen and oxygen atoms in total. The Hall–Kier alpha value is -5.58. The number of hydrogen-bond donors (Lipinski definition) is 0. The van der Waals surface area contributed by atoms with Crippen molar-refractivity contribution >= 4 is 10.9 Å². The number of rotatable bonds is 4. The van der Waals surface area contributed by atoms with E-state index in [1.807, 2.05) is 91.0 Å². The molecule has 4 heteroatoms. The fourth-order valence-corrected chi connectivity index (χ4v) is 4.59. The van der Waals surface area contributed by atoms with Gasteiger partial charge < -0.3 is 0 Å². The van der Waals surface area contributed by atoms with Gasteiger partial charge in [-0.25, -0.2) is 9.97 Å². The van der Waals surface area contributed by atoms with Crippen LogP contribution < -0.4 is 0 Å². The maximum absolute atomic E-state index is 9.24. The zero-order chi connectivity index (χ0) is 25.9. The zero-order valence-electron chi connectivity index (χ0n) is 20.3. The molecule has 1 aromatic heterocycles. The van der Waals surface area contributed by atoms with Crippen LogP contribution in [-0.4, -0.2) is 9.97 Å². The highest BCUT2D eigenvalue weighted by Crippen LogP contribution is 2.32. The van der Waals surface area contributed by atoms with E-state index >= 15 is 0 Å². The van der Waals surface area contributed by atoms with Gasteiger partial charge in [0.25, 0.3) is 0 Å². The van der Waals surface area contributed by atoms with Gasteiger partial charge in [0, 0.05) is 16.5 Å². The van der Waals surface area contributed by atoms with Gasteiger partial charge in [0.2, 0.25) is 0 Å². The summed E-state index contributed by atoms with van der Waals surface area (Å²) in [4.78, 5) is 9.86. The lowest BCUT2D eigenvalue weighted by atomic mass is 9.99. The van der Waals surface area contributed by atoms with Crippen molar-refractivity contribution in [2.45, 2.75) is 0 Å². The van der Waals surface area contributed by atoms with Crippen LogP contribution in [0.4, 0.5) is 0 Å². The molecule has 5 aromatic carbocycles. The molecular formula is C34H20N4. The summed E-state index contributed by atoms with van der Waals surface area (Å²) < 4.78 is 0. The van der Waals surface area contributed by atoms with Gasteiger partial charge in [-0.15, -0.1) is 0 Å². The predicted octanol–water partition coefficient (Wildman–Crippen LogP) is 8.04. The first-order valence-electron chi connectivity index (χ1n) is 12.2. The van der Waals surface area contributed by atoms with E-state index in [4.69, 9.17) is 9.97 Å². The summed E-state index contributed by atoms with van der Waals surface area (Å²) in [5.41, 5.74) is 9.01. The van der Waals surface area contributed by atoms with Crippen molar-refractivity contribution in [1.29, 1.82) is 10.5 Å². The number of fused-ring (bicyclic) bond motifs is 1. The van der Waals surface area contributed by atoms with E-state index in [2.05, 4.69) is 36.4 Å². The summed E-state index contributed by atoms with van der Waals surface area (Å²) in [6.45, 7) is 0. The van der Waals surface area contributed by atoms with Crippen LogP contribution >= 0.6 is 0 Å². The molecule has 0 fully saturated rings. The highest BCUT2D eigenvalue weighted by molar-refractivity contribution is 5.94. The van der Waals surface area contributed by atoms with Gasteiger partial charge in [0.05, 0.1) is 34.5 Å². The van der Waals surface area contributed by atoms with Crippen molar-refractivity contribution in [2.24, 2.45) is 0 Å². The molecular weight excluding hydrogens is 464 g/mol. The van der Waals surface area contributed by atoms with E-state index in [0.29, 0.717) is 17.0 Å². The number of nitrogens with zero attached hydrogens (tertiary/aromatic N) is 4. The Morgan fingerprint density at radius 3 is 1.55 bits per heavy atom. The second-order valence-corrected chi connectivity index (χ2v) is 8.95. The Morgan fingerprint density at radius 2 is 0.974 bits per heavy atom. The lowest BCUT2D eigenvalue weighted by Gasteiger charge is -2.11. The maximum atomic E-state index is 9.24. The third-order valence-corrected chi connectivity index (χ3v) is 6.55. The fourth-order valence-electron chi connectivity index (χ4n) is 4.59. The maximum Gasteiger partial charge on any atom is 0.160 e. The van der Waals surface area contributed by atoms with Crippen LogP contribution in [0, 0.1) is 22.7 Å². The van der Waals surface area contributed by atoms with Crippen LogP contribution in [0.15, 0.2) is 121 Å². The van der Waals surface area contributed by atoms with Gasteiger partial charge in [-0.3, -0.25) is 0 Å². The second kappa shape index (κ2) is 9.82. The third-order valence-electron chi connectivity index (χ3n) is 6.55. The van der Waals surface area contributed by atoms with Crippen molar-refractivity contribution in [1.82, 2.24) is 9.97 Å². The van der Waals surface area contributed by atoms with Gasteiger partial charge in [-0.2, -0.15) is 10.5 Å². The van der Waals surface area contributed by atoms with Crippen molar-refractivity contribution in [3.8, 4) is 57.0 Å². The van der Waals surface area contributed by atoms with E-state index in [0.717, 1.165) is 50.0 Å². The first kappa shape index (κ1) is 22.9. The molecule has 0 saturated carbocycles. The summed E-state index contributed by atoms with van der Waals surface area (Å²) in [6.07, 6.45) is 0. The molecule has 0 aliphatic heterocycles. The molecule has 0 N–H and O–H groups in total. The summed E-state index contributed by atoms with van der Waals surface area (Å²) in [7, 11) is 0. The average molecular weight is 485 g/mol. The van der Waals surface area contributed by atoms with Crippen LogP contribution in [0.25, 0.3) is 55.8 Å². The number of nitriles is 2. The molecule has 176 valence electrons. The SMILES string of the molecule is N#Cc1cccc(-c2ccc(-c3nc(-c4ccc(-c5cccc(C#N)c5)cc4)c4ccccc4n3)cc2)c1. The van der Waals surface area contributed by atoms with E-state index in [1.54, 1.807) is 6.07 Å². The van der Waals surface area contributed by atoms with Gasteiger partial charge in [0.1, 0.15) is 0 Å². The van der Waals surface area contributed by atoms with Gasteiger partial charge in [-0.05, 0) is 52.6 Å². The third kappa shape index (κ3) is 4.39. The van der Waals surface area contributed by atoms with Crippen LogP contribution in [0.5, 0.6) is 0 Å². The average Bonchev–Trinajstić information content (AvgIpc) is 3.00. The van der Waals surface area contributed by atoms with Crippen molar-refractivity contribution in [3.63, 3.8) is 0 Å². The molecule has 0 aliphatic rings. The molecule has 1 heterocycles. The fraction of sp³-hybridized carbons (Fsp3) is 0. The molecule has 0 radical (unpaired) electrons. The molecule has 0 atom stereocenters. The first-order chi connectivity index (χ1) is 18.7. The first-order valence-corrected chi connectivity index (χ1v) is 12.2. The van der Waals surface area contributed by atoms with Crippen LogP contribution in [0.2, 0.25) is 0 Å². The topological polar surface area (TPSA) is 73.4 Å². The van der Waals surface area contributed by atoms with Crippen molar-refractivity contribution in [2.75, 3.05) is 0 Å².